The second kappa shape index (κ2) is 5.61. The van der Waals surface area contributed by atoms with E-state index in [0.29, 0.717) is 18.7 Å². The molecule has 5 nitrogen and oxygen atoms in total. The van der Waals surface area contributed by atoms with Crippen LogP contribution in [0.3, 0.4) is 0 Å². The van der Waals surface area contributed by atoms with Gasteiger partial charge in [-0.25, -0.2) is 4.79 Å². The summed E-state index contributed by atoms with van der Waals surface area (Å²) in [6, 6.07) is 8.36. The molecule has 6 heteroatoms. The number of aliphatic carboxylic acids is 1. The molecule has 2 heterocycles. The molecule has 1 aromatic heterocycles. The number of carboxylic acid groups (broad SMARTS) is 1. The summed E-state index contributed by atoms with van der Waals surface area (Å²) < 4.78 is 2.60. The van der Waals surface area contributed by atoms with Crippen molar-refractivity contribution in [3.8, 4) is 0 Å². The number of nitrogens with zero attached hydrogens (tertiary/aromatic N) is 2. The summed E-state index contributed by atoms with van der Waals surface area (Å²) in [4.78, 5) is 25.8. The molecule has 0 bridgehead atoms. The van der Waals surface area contributed by atoms with E-state index in [2.05, 4.69) is 15.9 Å². The van der Waals surface area contributed by atoms with Crippen molar-refractivity contribution in [2.45, 2.75) is 19.0 Å². The van der Waals surface area contributed by atoms with Crippen molar-refractivity contribution < 1.29 is 14.7 Å². The van der Waals surface area contributed by atoms with Crippen LogP contribution in [0.25, 0.3) is 0 Å². The van der Waals surface area contributed by atoms with Crippen molar-refractivity contribution in [3.63, 3.8) is 0 Å². The van der Waals surface area contributed by atoms with Crippen LogP contribution in [0.2, 0.25) is 0 Å². The van der Waals surface area contributed by atoms with E-state index >= 15 is 0 Å². The maximum Gasteiger partial charge on any atom is 0.326 e. The van der Waals surface area contributed by atoms with E-state index in [9.17, 15) is 14.7 Å². The highest BCUT2D eigenvalue weighted by molar-refractivity contribution is 9.10. The molecule has 1 unspecified atom stereocenters. The van der Waals surface area contributed by atoms with Crippen LogP contribution >= 0.6 is 15.9 Å². The van der Waals surface area contributed by atoms with Crippen molar-refractivity contribution in [1.29, 1.82) is 0 Å². The van der Waals surface area contributed by atoms with Gasteiger partial charge in [0.05, 0.1) is 0 Å². The molecular formula is C16H15BrN2O3. The number of hydrogen-bond acceptors (Lipinski definition) is 2. The lowest BCUT2D eigenvalue weighted by Crippen LogP contribution is -2.49. The molecule has 0 aliphatic carbocycles. The van der Waals surface area contributed by atoms with Gasteiger partial charge in [0.2, 0.25) is 0 Å². The predicted molar refractivity (Wildman–Crippen MR) is 84.6 cm³/mol. The number of carboxylic acids is 1. The van der Waals surface area contributed by atoms with Gasteiger partial charge in [0.1, 0.15) is 11.7 Å². The summed E-state index contributed by atoms with van der Waals surface area (Å²) >= 11 is 3.47. The second-order valence-corrected chi connectivity index (χ2v) is 6.23. The number of halogens is 1. The maximum atomic E-state index is 12.7. The molecular weight excluding hydrogens is 348 g/mol. The first kappa shape index (κ1) is 14.8. The van der Waals surface area contributed by atoms with Crippen molar-refractivity contribution in [3.05, 3.63) is 57.8 Å². The monoisotopic (exact) mass is 362 g/mol. The molecule has 3 rings (SSSR count). The van der Waals surface area contributed by atoms with E-state index in [-0.39, 0.29) is 5.91 Å². The first-order chi connectivity index (χ1) is 10.5. The van der Waals surface area contributed by atoms with Gasteiger partial charge in [-0.15, -0.1) is 0 Å². The first-order valence-corrected chi connectivity index (χ1v) is 7.69. The molecule has 1 N–H and O–H groups in total. The molecule has 0 saturated carbocycles. The van der Waals surface area contributed by atoms with Crippen molar-refractivity contribution in [2.24, 2.45) is 7.05 Å². The van der Waals surface area contributed by atoms with Gasteiger partial charge in [-0.1, -0.05) is 28.1 Å². The van der Waals surface area contributed by atoms with Crippen LogP contribution in [0.15, 0.2) is 41.0 Å². The Bertz CT molecular complexity index is 754. The van der Waals surface area contributed by atoms with Gasteiger partial charge in [-0.2, -0.15) is 0 Å². The van der Waals surface area contributed by atoms with Gasteiger partial charge >= 0.3 is 5.97 Å². The van der Waals surface area contributed by atoms with E-state index < -0.39 is 12.0 Å². The van der Waals surface area contributed by atoms with E-state index in [0.717, 1.165) is 15.6 Å². The Morgan fingerprint density at radius 1 is 1.27 bits per heavy atom. The molecule has 0 fully saturated rings. The number of amides is 1. The summed E-state index contributed by atoms with van der Waals surface area (Å²) in [7, 11) is 1.78. The van der Waals surface area contributed by atoms with Crippen molar-refractivity contribution in [1.82, 2.24) is 9.47 Å². The van der Waals surface area contributed by atoms with Gasteiger partial charge < -0.3 is 14.6 Å². The summed E-state index contributed by atoms with van der Waals surface area (Å²) in [5.74, 6) is -1.24. The number of aromatic nitrogens is 1. The number of carbonyl (C=O) groups excluding carboxylic acids is 1. The highest BCUT2D eigenvalue weighted by atomic mass is 79.9. The van der Waals surface area contributed by atoms with Gasteiger partial charge in [0.25, 0.3) is 5.91 Å². The topological polar surface area (TPSA) is 62.5 Å². The lowest BCUT2D eigenvalue weighted by molar-refractivity contribution is -0.142. The zero-order valence-electron chi connectivity index (χ0n) is 12.0. The fraction of sp³-hybridized carbons (Fsp3) is 0.250. The Balaban J connectivity index is 2.01. The molecule has 2 aromatic rings. The van der Waals surface area contributed by atoms with Crippen molar-refractivity contribution >= 4 is 27.8 Å². The zero-order valence-corrected chi connectivity index (χ0v) is 13.6. The lowest BCUT2D eigenvalue weighted by Gasteiger charge is -2.35. The maximum absolute atomic E-state index is 12.7. The largest absolute Gasteiger partial charge is 0.480 e. The molecule has 0 radical (unpaired) electrons. The minimum Gasteiger partial charge on any atom is -0.480 e. The molecule has 1 amide bonds. The third kappa shape index (κ3) is 2.43. The van der Waals surface area contributed by atoms with Gasteiger partial charge in [-0.3, -0.25) is 4.79 Å². The molecule has 1 aliphatic rings. The van der Waals surface area contributed by atoms with Crippen molar-refractivity contribution in [2.75, 3.05) is 0 Å². The number of hydrogen-bond donors (Lipinski definition) is 1. The van der Waals surface area contributed by atoms with Crippen LogP contribution in [-0.2, 0) is 24.8 Å². The van der Waals surface area contributed by atoms with Crippen LogP contribution in [0, 0.1) is 0 Å². The summed E-state index contributed by atoms with van der Waals surface area (Å²) in [5.41, 5.74) is 2.44. The highest BCUT2D eigenvalue weighted by Gasteiger charge is 2.36. The molecule has 22 heavy (non-hydrogen) atoms. The number of aryl methyl sites for hydroxylation is 1. The number of fused-ring (bicyclic) bond motifs is 1. The van der Waals surface area contributed by atoms with Crippen LogP contribution < -0.4 is 0 Å². The zero-order chi connectivity index (χ0) is 15.9. The van der Waals surface area contributed by atoms with E-state index in [4.69, 9.17) is 0 Å². The average molecular weight is 363 g/mol. The molecule has 1 aliphatic heterocycles. The van der Waals surface area contributed by atoms with Gasteiger partial charge in [0, 0.05) is 30.7 Å². The average Bonchev–Trinajstić information content (AvgIpc) is 2.91. The lowest BCUT2D eigenvalue weighted by atomic mass is 9.93. The van der Waals surface area contributed by atoms with Gasteiger partial charge in [0.15, 0.2) is 0 Å². The normalized spacial score (nSPS) is 17.2. The Labute approximate surface area is 136 Å². The Hall–Kier alpha value is -2.08. The minimum atomic E-state index is -0.982. The standard InChI is InChI=1S/C16H15BrN2O3/c1-18-7-3-6-13(18)15(20)19-9-10-4-2-5-12(17)11(10)8-14(19)16(21)22/h2-7,14H,8-9H2,1H3,(H,21,22). The Morgan fingerprint density at radius 3 is 2.68 bits per heavy atom. The molecule has 1 atom stereocenters. The molecule has 0 spiro atoms. The third-order valence-corrected chi connectivity index (χ3v) is 4.78. The fourth-order valence-corrected chi connectivity index (χ4v) is 3.41. The van der Waals surface area contributed by atoms with E-state index in [1.165, 1.54) is 4.90 Å². The predicted octanol–water partition coefficient (Wildman–Crippen LogP) is 2.44. The quantitative estimate of drug-likeness (QED) is 0.892. The highest BCUT2D eigenvalue weighted by Crippen LogP contribution is 2.30. The molecule has 0 saturated heterocycles. The summed E-state index contributed by atoms with van der Waals surface area (Å²) in [6.07, 6.45) is 2.08. The second-order valence-electron chi connectivity index (χ2n) is 5.37. The molecule has 1 aromatic carbocycles. The summed E-state index contributed by atoms with van der Waals surface area (Å²) in [5, 5.41) is 9.52. The Kier molecular flexibility index (Phi) is 3.78. The Morgan fingerprint density at radius 2 is 2.05 bits per heavy atom. The van der Waals surface area contributed by atoms with Gasteiger partial charge in [-0.05, 0) is 29.3 Å². The summed E-state index contributed by atoms with van der Waals surface area (Å²) in [6.45, 7) is 0.301. The number of benzene rings is 1. The number of carbonyl (C=O) groups is 2. The van der Waals surface area contributed by atoms with E-state index in [1.54, 1.807) is 29.9 Å². The minimum absolute atomic E-state index is 0.259. The van der Waals surface area contributed by atoms with Crippen LogP contribution in [0.4, 0.5) is 0 Å². The van der Waals surface area contributed by atoms with Crippen LogP contribution in [0.5, 0.6) is 0 Å². The number of rotatable bonds is 2. The SMILES string of the molecule is Cn1cccc1C(=O)N1Cc2cccc(Br)c2CC1C(=O)O. The third-order valence-electron chi connectivity index (χ3n) is 4.04. The van der Waals surface area contributed by atoms with Crippen LogP contribution in [0.1, 0.15) is 21.6 Å². The van der Waals surface area contributed by atoms with E-state index in [1.807, 2.05) is 18.2 Å². The molecule has 114 valence electrons. The van der Waals surface area contributed by atoms with Crippen LogP contribution in [-0.4, -0.2) is 32.5 Å². The first-order valence-electron chi connectivity index (χ1n) is 6.90. The smallest absolute Gasteiger partial charge is 0.326 e. The fourth-order valence-electron chi connectivity index (χ4n) is 2.84.